The van der Waals surface area contributed by atoms with Gasteiger partial charge in [-0.2, -0.15) is 0 Å². The fraction of sp³-hybridized carbons (Fsp3) is 0.635. The van der Waals surface area contributed by atoms with Crippen molar-refractivity contribution in [1.29, 1.82) is 0 Å². The third-order valence-electron chi connectivity index (χ3n) is 13.3. The van der Waals surface area contributed by atoms with Crippen LogP contribution < -0.4 is 19.5 Å². The molecule has 1 heterocycles. The Morgan fingerprint density at radius 2 is 1.64 bits per heavy atom. The molecule has 64 heavy (non-hydrogen) atoms. The third-order valence-corrected chi connectivity index (χ3v) is 13.3. The molecule has 12 heteroatoms. The molecule has 0 aromatic heterocycles. The molecule has 3 N–H and O–H groups in total. The van der Waals surface area contributed by atoms with E-state index < -0.39 is 23.8 Å². The van der Waals surface area contributed by atoms with E-state index in [0.717, 1.165) is 67.4 Å². The number of hydrogen-bond acceptors (Lipinski definition) is 10. The summed E-state index contributed by atoms with van der Waals surface area (Å²) in [5.74, 6) is -0.404. The van der Waals surface area contributed by atoms with Crippen LogP contribution in [-0.2, 0) is 20.8 Å². The molecule has 2 aliphatic carbocycles. The van der Waals surface area contributed by atoms with Crippen molar-refractivity contribution >= 4 is 17.7 Å². The van der Waals surface area contributed by atoms with E-state index in [9.17, 15) is 19.8 Å². The van der Waals surface area contributed by atoms with Gasteiger partial charge in [0.1, 0.15) is 29.9 Å². The maximum Gasteiger partial charge on any atom is 0.412 e. The lowest BCUT2D eigenvalue weighted by Crippen LogP contribution is -2.69. The van der Waals surface area contributed by atoms with Crippen LogP contribution in [0.25, 0.3) is 0 Å². The normalized spacial score (nSPS) is 22.7. The number of rotatable bonds is 29. The summed E-state index contributed by atoms with van der Waals surface area (Å²) in [5.41, 5.74) is 3.38. The van der Waals surface area contributed by atoms with Gasteiger partial charge in [-0.05, 0) is 92.3 Å². The number of carbonyl (C=O) groups is 2. The Kier molecular flexibility index (Phi) is 21.0. The van der Waals surface area contributed by atoms with Crippen molar-refractivity contribution in [2.45, 2.75) is 147 Å². The average Bonchev–Trinajstić information content (AvgIpc) is 3.30. The van der Waals surface area contributed by atoms with Crippen LogP contribution in [0.4, 0.5) is 4.79 Å². The maximum atomic E-state index is 14.5. The number of nitrogens with one attached hydrogen (secondary N) is 1. The molecule has 0 spiro atoms. The largest absolute Gasteiger partial charge is 0.497 e. The van der Waals surface area contributed by atoms with E-state index in [1.54, 1.807) is 31.2 Å². The molecule has 2 aromatic carbocycles. The van der Waals surface area contributed by atoms with E-state index in [1.165, 1.54) is 44.9 Å². The van der Waals surface area contributed by atoms with Gasteiger partial charge in [0.05, 0.1) is 31.8 Å². The van der Waals surface area contributed by atoms with Crippen molar-refractivity contribution in [3.05, 3.63) is 77.9 Å². The van der Waals surface area contributed by atoms with Crippen molar-refractivity contribution < 1.29 is 43.6 Å². The molecule has 6 unspecified atom stereocenters. The SMILES string of the molecule is C=CCOC12Oc3ccc(OC(=O)NCCCCCCCCCCCC)cc3C3C(CCCCO)C(CCCCO)C=C(C(=NOCC)CC1N(C)C(=O)Cc1cccc(OC)c1)C32. The van der Waals surface area contributed by atoms with Gasteiger partial charge >= 0.3 is 6.09 Å². The third kappa shape index (κ3) is 13.3. The molecule has 1 aliphatic heterocycles. The molecule has 0 radical (unpaired) electrons. The molecular formula is C52H77N3O9. The number of allylic oxidation sites excluding steroid dienone is 1. The number of amides is 2. The Bertz CT molecular complexity index is 1830. The number of hydrogen-bond donors (Lipinski definition) is 3. The van der Waals surface area contributed by atoms with Gasteiger partial charge in [0.15, 0.2) is 0 Å². The minimum absolute atomic E-state index is 0.0404. The van der Waals surface area contributed by atoms with Gasteiger partial charge in [0.25, 0.3) is 0 Å². The molecule has 0 saturated heterocycles. The Morgan fingerprint density at radius 1 is 0.922 bits per heavy atom. The van der Waals surface area contributed by atoms with Crippen molar-refractivity contribution in [3.8, 4) is 17.2 Å². The summed E-state index contributed by atoms with van der Waals surface area (Å²) in [5, 5.41) is 27.5. The van der Waals surface area contributed by atoms with E-state index in [2.05, 4.69) is 24.9 Å². The fourth-order valence-corrected chi connectivity index (χ4v) is 10.1. The minimum atomic E-state index is -1.37. The summed E-state index contributed by atoms with van der Waals surface area (Å²) in [4.78, 5) is 35.3. The van der Waals surface area contributed by atoms with Crippen LogP contribution in [0.15, 0.2) is 71.9 Å². The van der Waals surface area contributed by atoms with Crippen molar-refractivity contribution in [1.82, 2.24) is 10.2 Å². The van der Waals surface area contributed by atoms with Crippen LogP contribution in [0.3, 0.4) is 0 Å². The van der Waals surface area contributed by atoms with Gasteiger partial charge in [0, 0.05) is 44.7 Å². The lowest BCUT2D eigenvalue weighted by Gasteiger charge is -2.59. The number of fused-ring (bicyclic) bond motifs is 2. The first-order valence-electron chi connectivity index (χ1n) is 24.3. The van der Waals surface area contributed by atoms with Gasteiger partial charge in [-0.3, -0.25) is 4.79 Å². The van der Waals surface area contributed by atoms with Gasteiger partial charge in [0.2, 0.25) is 11.7 Å². The summed E-state index contributed by atoms with van der Waals surface area (Å²) in [7, 11) is 3.41. The molecule has 2 aromatic rings. The van der Waals surface area contributed by atoms with Gasteiger partial charge < -0.3 is 44.2 Å². The highest BCUT2D eigenvalue weighted by Gasteiger charge is 2.65. The highest BCUT2D eigenvalue weighted by atomic mass is 16.7. The number of likely N-dealkylation sites (N-methyl/N-ethyl adjacent to an activating group) is 1. The number of methoxy groups -OCH3 is 1. The molecule has 2 amide bonds. The number of oxime groups is 1. The second-order valence-corrected chi connectivity index (χ2v) is 17.7. The summed E-state index contributed by atoms with van der Waals surface area (Å²) in [6.45, 7) is 9.41. The molecule has 1 saturated carbocycles. The zero-order chi connectivity index (χ0) is 45.7. The maximum absolute atomic E-state index is 14.5. The number of ether oxygens (including phenoxy) is 4. The molecule has 6 atom stereocenters. The molecular weight excluding hydrogens is 811 g/mol. The predicted molar refractivity (Wildman–Crippen MR) is 252 cm³/mol. The molecule has 3 aliphatic rings. The highest BCUT2D eigenvalue weighted by Crippen LogP contribution is 2.61. The lowest BCUT2D eigenvalue weighted by atomic mass is 9.55. The average molecular weight is 888 g/mol. The Labute approximate surface area is 382 Å². The molecule has 1 fully saturated rings. The van der Waals surface area contributed by atoms with Crippen molar-refractivity contribution in [2.24, 2.45) is 22.9 Å². The molecule has 5 rings (SSSR count). The zero-order valence-corrected chi connectivity index (χ0v) is 39.2. The zero-order valence-electron chi connectivity index (χ0n) is 39.2. The number of nitrogens with zero attached hydrogens (tertiary/aromatic N) is 2. The topological polar surface area (TPSA) is 148 Å². The summed E-state index contributed by atoms with van der Waals surface area (Å²) >= 11 is 0. The van der Waals surface area contributed by atoms with E-state index in [-0.39, 0.29) is 49.9 Å². The number of aliphatic hydroxyl groups is 2. The molecule has 0 bridgehead atoms. The number of unbranched alkanes of at least 4 members (excludes halogenated alkanes) is 11. The van der Waals surface area contributed by atoms with Crippen LogP contribution in [0.5, 0.6) is 17.2 Å². The second-order valence-electron chi connectivity index (χ2n) is 17.7. The molecule has 12 nitrogen and oxygen atoms in total. The van der Waals surface area contributed by atoms with E-state index in [4.69, 9.17) is 28.9 Å². The van der Waals surface area contributed by atoms with Crippen LogP contribution in [-0.4, -0.2) is 91.8 Å². The van der Waals surface area contributed by atoms with Crippen LogP contribution in [0.2, 0.25) is 0 Å². The van der Waals surface area contributed by atoms with Gasteiger partial charge in [-0.1, -0.05) is 107 Å². The number of benzene rings is 2. The summed E-state index contributed by atoms with van der Waals surface area (Å²) in [6.07, 6.45) is 20.7. The predicted octanol–water partition coefficient (Wildman–Crippen LogP) is 10.1. The highest BCUT2D eigenvalue weighted by molar-refractivity contribution is 6.03. The standard InChI is InChI=1S/C52H77N3O9/c1-6-9-10-11-12-13-14-15-16-19-29-53-51(59)63-41-27-28-46-44(36-41)49-42(26-18-21-31-57)39(24-17-20-30-56)35-43-45(54-62-8-3)37-47(52(64-46,50(43)49)61-32-7-2)55(4)48(58)34-38-23-22-25-40(33-38)60-5/h7,22-23,25,27-28,33,35-36,39,42,47,49-50,56-57H,2,6,8-21,24,26,29-32,34,37H2,1,3-5H3,(H,53,59). The quantitative estimate of drug-likeness (QED) is 0.0412. The van der Waals surface area contributed by atoms with Crippen LogP contribution in [0.1, 0.15) is 140 Å². The fourth-order valence-electron chi connectivity index (χ4n) is 10.1. The minimum Gasteiger partial charge on any atom is -0.497 e. The van der Waals surface area contributed by atoms with Crippen molar-refractivity contribution in [3.63, 3.8) is 0 Å². The van der Waals surface area contributed by atoms with E-state index >= 15 is 0 Å². The second kappa shape index (κ2) is 26.5. The summed E-state index contributed by atoms with van der Waals surface area (Å²) in [6, 6.07) is 12.4. The first-order valence-corrected chi connectivity index (χ1v) is 24.3. The van der Waals surface area contributed by atoms with E-state index in [1.807, 2.05) is 43.3 Å². The van der Waals surface area contributed by atoms with E-state index in [0.29, 0.717) is 49.7 Å². The van der Waals surface area contributed by atoms with Crippen LogP contribution in [0, 0.1) is 17.8 Å². The molecule has 354 valence electrons. The lowest BCUT2D eigenvalue weighted by molar-refractivity contribution is -0.255. The Hall–Kier alpha value is -4.39. The van der Waals surface area contributed by atoms with Crippen LogP contribution >= 0.6 is 0 Å². The number of aliphatic hydroxyl groups excluding tert-OH is 2. The number of carbonyl (C=O) groups excluding carboxylic acids is 2. The van der Waals surface area contributed by atoms with Gasteiger partial charge in [-0.25, -0.2) is 4.79 Å². The monoisotopic (exact) mass is 888 g/mol. The van der Waals surface area contributed by atoms with Crippen molar-refractivity contribution in [2.75, 3.05) is 47.1 Å². The Balaban J connectivity index is 1.50. The van der Waals surface area contributed by atoms with Gasteiger partial charge in [-0.15, -0.1) is 6.58 Å². The smallest absolute Gasteiger partial charge is 0.412 e. The Morgan fingerprint density at radius 3 is 2.33 bits per heavy atom. The first kappa shape index (κ1) is 50.6. The first-order chi connectivity index (χ1) is 31.2. The summed E-state index contributed by atoms with van der Waals surface area (Å²) < 4.78 is 25.7.